The molecule has 1 heterocycles. The Hall–Kier alpha value is -1.02. The molecule has 0 amide bonds. The Labute approximate surface area is 85.5 Å². The van der Waals surface area contributed by atoms with E-state index in [4.69, 9.17) is 4.74 Å². The van der Waals surface area contributed by atoms with Gasteiger partial charge in [0.1, 0.15) is 12.4 Å². The smallest absolute Gasteiger partial charge is 0.123 e. The first kappa shape index (κ1) is 9.53. The minimum absolute atomic E-state index is 0.544. The summed E-state index contributed by atoms with van der Waals surface area (Å²) in [7, 11) is 2.17. The van der Waals surface area contributed by atoms with Crippen LogP contribution in [0.4, 0.5) is 0 Å². The van der Waals surface area contributed by atoms with E-state index in [0.717, 1.165) is 25.3 Å². The molecule has 2 rings (SSSR count). The average molecular weight is 191 g/mol. The predicted octanol–water partition coefficient (Wildman–Crippen LogP) is 2.29. The highest BCUT2D eigenvalue weighted by molar-refractivity contribution is 5.33. The molecular formula is C12H17NO. The standard InChI is InChI=1S/C12H17NO/c1-3-11-9-14-12-7-5-4-6-10(12)8-13(11)2/h4-7,11H,3,8-9H2,1-2H3. The normalized spacial score (nSPS) is 22.3. The van der Waals surface area contributed by atoms with Gasteiger partial charge in [0.05, 0.1) is 0 Å². The zero-order chi connectivity index (χ0) is 9.97. The van der Waals surface area contributed by atoms with Crippen molar-refractivity contribution >= 4 is 0 Å². The van der Waals surface area contributed by atoms with E-state index in [1.165, 1.54) is 5.56 Å². The molecule has 0 radical (unpaired) electrons. The number of fused-ring (bicyclic) bond motifs is 1. The highest BCUT2D eigenvalue weighted by Crippen LogP contribution is 2.24. The third kappa shape index (κ3) is 1.75. The Morgan fingerprint density at radius 3 is 3.00 bits per heavy atom. The predicted molar refractivity (Wildman–Crippen MR) is 57.5 cm³/mol. The van der Waals surface area contributed by atoms with Crippen LogP contribution < -0.4 is 4.74 Å². The van der Waals surface area contributed by atoms with Crippen LogP contribution in [0.1, 0.15) is 18.9 Å². The summed E-state index contributed by atoms with van der Waals surface area (Å²) in [5.41, 5.74) is 1.30. The SMILES string of the molecule is CCC1COc2ccccc2CN1C. The van der Waals surface area contributed by atoms with Crippen molar-refractivity contribution in [3.05, 3.63) is 29.8 Å². The van der Waals surface area contributed by atoms with Gasteiger partial charge in [-0.15, -0.1) is 0 Å². The summed E-state index contributed by atoms with van der Waals surface area (Å²) < 4.78 is 5.78. The van der Waals surface area contributed by atoms with Crippen LogP contribution in [0.5, 0.6) is 5.75 Å². The molecule has 1 aliphatic heterocycles. The quantitative estimate of drug-likeness (QED) is 0.675. The van der Waals surface area contributed by atoms with Gasteiger partial charge in [-0.2, -0.15) is 0 Å². The van der Waals surface area contributed by atoms with Crippen molar-refractivity contribution in [2.75, 3.05) is 13.7 Å². The van der Waals surface area contributed by atoms with E-state index in [1.807, 2.05) is 6.07 Å². The topological polar surface area (TPSA) is 12.5 Å². The summed E-state index contributed by atoms with van der Waals surface area (Å²) in [4.78, 5) is 2.37. The number of para-hydroxylation sites is 1. The van der Waals surface area contributed by atoms with Crippen LogP contribution in [0.2, 0.25) is 0 Å². The lowest BCUT2D eigenvalue weighted by atomic mass is 10.1. The molecule has 0 spiro atoms. The summed E-state index contributed by atoms with van der Waals surface area (Å²) in [5, 5.41) is 0. The van der Waals surface area contributed by atoms with Crippen LogP contribution in [0.25, 0.3) is 0 Å². The molecule has 1 unspecified atom stereocenters. The maximum Gasteiger partial charge on any atom is 0.123 e. The van der Waals surface area contributed by atoms with E-state index in [1.54, 1.807) is 0 Å². The van der Waals surface area contributed by atoms with Crippen molar-refractivity contribution < 1.29 is 4.74 Å². The maximum absolute atomic E-state index is 5.78. The van der Waals surface area contributed by atoms with Crippen molar-refractivity contribution in [1.29, 1.82) is 0 Å². The second-order valence-corrected chi connectivity index (χ2v) is 3.90. The minimum Gasteiger partial charge on any atom is -0.492 e. The van der Waals surface area contributed by atoms with Gasteiger partial charge in [0.25, 0.3) is 0 Å². The Bertz CT molecular complexity index is 311. The Morgan fingerprint density at radius 2 is 2.21 bits per heavy atom. The number of hydrogen-bond acceptors (Lipinski definition) is 2. The molecule has 1 aliphatic rings. The van der Waals surface area contributed by atoms with Crippen LogP contribution in [-0.2, 0) is 6.54 Å². The molecule has 0 saturated heterocycles. The molecule has 2 heteroatoms. The Balaban J connectivity index is 2.23. The number of likely N-dealkylation sites (N-methyl/N-ethyl adjacent to an activating group) is 1. The molecule has 1 aromatic carbocycles. The number of rotatable bonds is 1. The van der Waals surface area contributed by atoms with Crippen molar-refractivity contribution in [2.45, 2.75) is 25.9 Å². The monoisotopic (exact) mass is 191 g/mol. The van der Waals surface area contributed by atoms with Gasteiger partial charge >= 0.3 is 0 Å². The van der Waals surface area contributed by atoms with Gasteiger partial charge in [-0.05, 0) is 19.5 Å². The summed E-state index contributed by atoms with van der Waals surface area (Å²) in [6, 6.07) is 8.85. The summed E-state index contributed by atoms with van der Waals surface area (Å²) in [6.45, 7) is 4.01. The number of ether oxygens (including phenoxy) is 1. The van der Waals surface area contributed by atoms with E-state index in [2.05, 4.69) is 37.1 Å². The van der Waals surface area contributed by atoms with Gasteiger partial charge < -0.3 is 4.74 Å². The van der Waals surface area contributed by atoms with E-state index in [9.17, 15) is 0 Å². The molecular weight excluding hydrogens is 174 g/mol. The Kier molecular flexibility index (Phi) is 2.73. The molecule has 0 aliphatic carbocycles. The van der Waals surface area contributed by atoms with Gasteiger partial charge in [0.2, 0.25) is 0 Å². The van der Waals surface area contributed by atoms with Crippen molar-refractivity contribution in [3.8, 4) is 5.75 Å². The zero-order valence-electron chi connectivity index (χ0n) is 8.86. The zero-order valence-corrected chi connectivity index (χ0v) is 8.86. The van der Waals surface area contributed by atoms with E-state index in [0.29, 0.717) is 6.04 Å². The van der Waals surface area contributed by atoms with Crippen LogP contribution in [0.15, 0.2) is 24.3 Å². The molecule has 0 bridgehead atoms. The van der Waals surface area contributed by atoms with Crippen molar-refractivity contribution in [2.24, 2.45) is 0 Å². The second-order valence-electron chi connectivity index (χ2n) is 3.90. The molecule has 0 saturated carbocycles. The van der Waals surface area contributed by atoms with E-state index < -0.39 is 0 Å². The lowest BCUT2D eigenvalue weighted by Crippen LogP contribution is -2.33. The average Bonchev–Trinajstić information content (AvgIpc) is 2.36. The van der Waals surface area contributed by atoms with Gasteiger partial charge in [0, 0.05) is 18.2 Å². The molecule has 2 nitrogen and oxygen atoms in total. The van der Waals surface area contributed by atoms with Gasteiger partial charge in [-0.3, -0.25) is 4.90 Å². The summed E-state index contributed by atoms with van der Waals surface area (Å²) >= 11 is 0. The van der Waals surface area contributed by atoms with Crippen LogP contribution in [-0.4, -0.2) is 24.6 Å². The second kappa shape index (κ2) is 4.01. The fraction of sp³-hybridized carbons (Fsp3) is 0.500. The first-order chi connectivity index (χ1) is 6.81. The fourth-order valence-electron chi connectivity index (χ4n) is 1.92. The third-order valence-corrected chi connectivity index (χ3v) is 2.92. The molecule has 14 heavy (non-hydrogen) atoms. The third-order valence-electron chi connectivity index (χ3n) is 2.92. The molecule has 0 fully saturated rings. The van der Waals surface area contributed by atoms with Crippen LogP contribution in [0.3, 0.4) is 0 Å². The highest BCUT2D eigenvalue weighted by Gasteiger charge is 2.19. The summed E-state index contributed by atoms with van der Waals surface area (Å²) in [6.07, 6.45) is 1.14. The van der Waals surface area contributed by atoms with Crippen LogP contribution >= 0.6 is 0 Å². The van der Waals surface area contributed by atoms with Gasteiger partial charge in [0.15, 0.2) is 0 Å². The fourth-order valence-corrected chi connectivity index (χ4v) is 1.92. The molecule has 0 N–H and O–H groups in total. The summed E-state index contributed by atoms with van der Waals surface area (Å²) in [5.74, 6) is 1.05. The van der Waals surface area contributed by atoms with Crippen molar-refractivity contribution in [1.82, 2.24) is 4.90 Å². The first-order valence-electron chi connectivity index (χ1n) is 5.22. The van der Waals surface area contributed by atoms with E-state index in [-0.39, 0.29) is 0 Å². The van der Waals surface area contributed by atoms with E-state index >= 15 is 0 Å². The Morgan fingerprint density at radius 1 is 1.43 bits per heavy atom. The molecule has 1 atom stereocenters. The largest absolute Gasteiger partial charge is 0.492 e. The molecule has 0 aromatic heterocycles. The van der Waals surface area contributed by atoms with Gasteiger partial charge in [-0.25, -0.2) is 0 Å². The molecule has 1 aromatic rings. The maximum atomic E-state index is 5.78. The first-order valence-corrected chi connectivity index (χ1v) is 5.22. The van der Waals surface area contributed by atoms with Crippen LogP contribution in [0, 0.1) is 0 Å². The highest BCUT2D eigenvalue weighted by atomic mass is 16.5. The van der Waals surface area contributed by atoms with Crippen molar-refractivity contribution in [3.63, 3.8) is 0 Å². The number of benzene rings is 1. The lowest BCUT2D eigenvalue weighted by Gasteiger charge is -2.22. The van der Waals surface area contributed by atoms with Gasteiger partial charge in [-0.1, -0.05) is 25.1 Å². The number of hydrogen-bond donors (Lipinski definition) is 0. The number of nitrogens with zero attached hydrogens (tertiary/aromatic N) is 1. The minimum atomic E-state index is 0.544. The lowest BCUT2D eigenvalue weighted by molar-refractivity contribution is 0.171. The molecule has 76 valence electrons.